The quantitative estimate of drug-likeness (QED) is 0.474. The van der Waals surface area contributed by atoms with Crippen molar-refractivity contribution in [3.63, 3.8) is 0 Å². The number of rotatable bonds is 4. The van der Waals surface area contributed by atoms with Gasteiger partial charge in [0, 0.05) is 11.9 Å². The van der Waals surface area contributed by atoms with E-state index < -0.39 is 0 Å². The van der Waals surface area contributed by atoms with Crippen molar-refractivity contribution in [2.45, 2.75) is 13.3 Å². The van der Waals surface area contributed by atoms with Crippen LogP contribution in [0, 0.1) is 11.3 Å². The van der Waals surface area contributed by atoms with Gasteiger partial charge in [0.1, 0.15) is 16.6 Å². The molecule has 0 bridgehead atoms. The maximum atomic E-state index is 8.78. The fraction of sp³-hybridized carbons (Fsp3) is 0.167. The first-order valence-electron chi connectivity index (χ1n) is 4.93. The Morgan fingerprint density at radius 2 is 2.25 bits per heavy atom. The van der Waals surface area contributed by atoms with Crippen molar-refractivity contribution in [1.29, 1.82) is 5.26 Å². The van der Waals surface area contributed by atoms with Gasteiger partial charge in [0.25, 0.3) is 0 Å². The lowest BCUT2D eigenvalue weighted by molar-refractivity contribution is 1.14. The van der Waals surface area contributed by atoms with Crippen LogP contribution in [0.3, 0.4) is 0 Å². The minimum atomic E-state index is 0.101. The SMILES string of the molecule is CCc1ccccc1N/C=C(\C#N)C(N)=S. The number of nitrogens with one attached hydrogen (secondary N) is 1. The van der Waals surface area contributed by atoms with Crippen molar-refractivity contribution in [2.24, 2.45) is 5.73 Å². The molecule has 0 saturated carbocycles. The Labute approximate surface area is 101 Å². The van der Waals surface area contributed by atoms with E-state index >= 15 is 0 Å². The zero-order chi connectivity index (χ0) is 12.0. The Balaban J connectivity index is 2.89. The number of aryl methyl sites for hydroxylation is 1. The highest BCUT2D eigenvalue weighted by molar-refractivity contribution is 7.80. The number of nitriles is 1. The fourth-order valence-electron chi connectivity index (χ4n) is 1.28. The lowest BCUT2D eigenvalue weighted by Crippen LogP contribution is -2.11. The Bertz CT molecular complexity index is 458. The molecule has 0 aliphatic rings. The molecule has 0 atom stereocenters. The molecular formula is C12H13N3S. The third-order valence-electron chi connectivity index (χ3n) is 2.16. The summed E-state index contributed by atoms with van der Waals surface area (Å²) in [5.74, 6) is 0. The standard InChI is InChI=1S/C12H13N3S/c1-2-9-5-3-4-6-11(9)15-8-10(7-13)12(14)16/h3-6,8,15H,2H2,1H3,(H2,14,16)/b10-8+. The van der Waals surface area contributed by atoms with Gasteiger partial charge in [-0.25, -0.2) is 0 Å². The largest absolute Gasteiger partial charge is 0.389 e. The van der Waals surface area contributed by atoms with Gasteiger partial charge in [0.05, 0.1) is 0 Å². The predicted molar refractivity (Wildman–Crippen MR) is 69.9 cm³/mol. The first kappa shape index (κ1) is 12.2. The van der Waals surface area contributed by atoms with E-state index in [4.69, 9.17) is 23.2 Å². The van der Waals surface area contributed by atoms with Crippen molar-refractivity contribution >= 4 is 22.9 Å². The van der Waals surface area contributed by atoms with Gasteiger partial charge in [-0.1, -0.05) is 37.3 Å². The number of anilines is 1. The summed E-state index contributed by atoms with van der Waals surface area (Å²) in [6, 6.07) is 9.83. The van der Waals surface area contributed by atoms with Crippen molar-refractivity contribution in [1.82, 2.24) is 0 Å². The molecule has 1 aromatic rings. The van der Waals surface area contributed by atoms with E-state index in [0.717, 1.165) is 12.1 Å². The second kappa shape index (κ2) is 5.89. The maximum Gasteiger partial charge on any atom is 0.116 e. The zero-order valence-corrected chi connectivity index (χ0v) is 9.84. The molecule has 0 aliphatic carbocycles. The number of para-hydroxylation sites is 1. The summed E-state index contributed by atoms with van der Waals surface area (Å²) in [4.78, 5) is 0.101. The molecule has 3 N–H and O–H groups in total. The van der Waals surface area contributed by atoms with E-state index in [9.17, 15) is 0 Å². The van der Waals surface area contributed by atoms with E-state index in [1.54, 1.807) is 0 Å². The Hall–Kier alpha value is -1.86. The van der Waals surface area contributed by atoms with Gasteiger partial charge >= 0.3 is 0 Å². The van der Waals surface area contributed by atoms with Crippen LogP contribution in [0.25, 0.3) is 0 Å². The number of nitrogens with two attached hydrogens (primary N) is 1. The average Bonchev–Trinajstić information content (AvgIpc) is 2.30. The summed E-state index contributed by atoms with van der Waals surface area (Å²) in [5.41, 5.74) is 7.81. The molecular weight excluding hydrogens is 218 g/mol. The Kier molecular flexibility index (Phi) is 4.49. The molecule has 0 fully saturated rings. The van der Waals surface area contributed by atoms with Crippen LogP contribution in [0.1, 0.15) is 12.5 Å². The summed E-state index contributed by atoms with van der Waals surface area (Å²) < 4.78 is 0. The van der Waals surface area contributed by atoms with Gasteiger partial charge < -0.3 is 11.1 Å². The van der Waals surface area contributed by atoms with E-state index in [2.05, 4.69) is 12.2 Å². The lowest BCUT2D eigenvalue weighted by Gasteiger charge is -2.07. The number of hydrogen-bond acceptors (Lipinski definition) is 3. The smallest absolute Gasteiger partial charge is 0.116 e. The van der Waals surface area contributed by atoms with Gasteiger partial charge in [0.15, 0.2) is 0 Å². The molecule has 0 radical (unpaired) electrons. The third-order valence-corrected chi connectivity index (χ3v) is 2.38. The molecule has 1 aromatic carbocycles. The number of benzene rings is 1. The summed E-state index contributed by atoms with van der Waals surface area (Å²) in [6.07, 6.45) is 2.46. The highest BCUT2D eigenvalue weighted by atomic mass is 32.1. The van der Waals surface area contributed by atoms with Crippen LogP contribution >= 0.6 is 12.2 Å². The van der Waals surface area contributed by atoms with Crippen molar-refractivity contribution in [3.8, 4) is 6.07 Å². The summed E-state index contributed by atoms with van der Waals surface area (Å²) in [6.45, 7) is 2.07. The second-order valence-electron chi connectivity index (χ2n) is 3.19. The summed E-state index contributed by atoms with van der Waals surface area (Å²) in [7, 11) is 0. The molecule has 0 unspecified atom stereocenters. The summed E-state index contributed by atoms with van der Waals surface area (Å²) in [5, 5.41) is 11.8. The minimum Gasteiger partial charge on any atom is -0.389 e. The normalized spacial score (nSPS) is 10.6. The van der Waals surface area contributed by atoms with Gasteiger partial charge in [-0.3, -0.25) is 0 Å². The molecule has 1 rings (SSSR count). The first-order valence-corrected chi connectivity index (χ1v) is 5.34. The van der Waals surface area contributed by atoms with Crippen molar-refractivity contribution in [2.75, 3.05) is 5.32 Å². The van der Waals surface area contributed by atoms with Crippen LogP contribution in [0.4, 0.5) is 5.69 Å². The van der Waals surface area contributed by atoms with Crippen LogP contribution < -0.4 is 11.1 Å². The topological polar surface area (TPSA) is 61.8 Å². The van der Waals surface area contributed by atoms with Crippen LogP contribution in [0.15, 0.2) is 36.0 Å². The average molecular weight is 231 g/mol. The molecule has 0 amide bonds. The van der Waals surface area contributed by atoms with Crippen LogP contribution in [-0.4, -0.2) is 4.99 Å². The number of thiocarbonyl (C=S) groups is 1. The third kappa shape index (κ3) is 3.07. The van der Waals surface area contributed by atoms with Crippen molar-refractivity contribution in [3.05, 3.63) is 41.6 Å². The van der Waals surface area contributed by atoms with Crippen LogP contribution in [-0.2, 0) is 6.42 Å². The van der Waals surface area contributed by atoms with Crippen molar-refractivity contribution < 1.29 is 0 Å². The van der Waals surface area contributed by atoms with Gasteiger partial charge in [0.2, 0.25) is 0 Å². The zero-order valence-electron chi connectivity index (χ0n) is 9.03. The molecule has 0 aromatic heterocycles. The van der Waals surface area contributed by atoms with E-state index in [1.165, 1.54) is 11.8 Å². The number of hydrogen-bond donors (Lipinski definition) is 2. The molecule has 16 heavy (non-hydrogen) atoms. The monoisotopic (exact) mass is 231 g/mol. The minimum absolute atomic E-state index is 0.101. The lowest BCUT2D eigenvalue weighted by atomic mass is 10.1. The molecule has 0 saturated heterocycles. The molecule has 0 spiro atoms. The molecule has 4 heteroatoms. The predicted octanol–water partition coefficient (Wildman–Crippen LogP) is 2.35. The first-order chi connectivity index (χ1) is 7.69. The molecule has 3 nitrogen and oxygen atoms in total. The molecule has 0 heterocycles. The van der Waals surface area contributed by atoms with Crippen LogP contribution in [0.2, 0.25) is 0 Å². The summed E-state index contributed by atoms with van der Waals surface area (Å²) >= 11 is 4.74. The van der Waals surface area contributed by atoms with E-state index in [1.807, 2.05) is 30.3 Å². The highest BCUT2D eigenvalue weighted by Crippen LogP contribution is 2.15. The maximum absolute atomic E-state index is 8.78. The van der Waals surface area contributed by atoms with E-state index in [-0.39, 0.29) is 10.6 Å². The second-order valence-corrected chi connectivity index (χ2v) is 3.63. The number of nitrogens with zero attached hydrogens (tertiary/aromatic N) is 1. The van der Waals surface area contributed by atoms with Gasteiger partial charge in [-0.15, -0.1) is 0 Å². The van der Waals surface area contributed by atoms with E-state index in [0.29, 0.717) is 0 Å². The highest BCUT2D eigenvalue weighted by Gasteiger charge is 2.00. The van der Waals surface area contributed by atoms with Crippen LogP contribution in [0.5, 0.6) is 0 Å². The molecule has 0 aliphatic heterocycles. The van der Waals surface area contributed by atoms with Gasteiger partial charge in [-0.05, 0) is 18.1 Å². The fourth-order valence-corrected chi connectivity index (χ4v) is 1.38. The van der Waals surface area contributed by atoms with Gasteiger partial charge in [-0.2, -0.15) is 5.26 Å². The Morgan fingerprint density at radius 3 is 2.81 bits per heavy atom. The molecule has 82 valence electrons. The Morgan fingerprint density at radius 1 is 1.56 bits per heavy atom.